The first-order valence-corrected chi connectivity index (χ1v) is 12.3. The highest BCUT2D eigenvalue weighted by Gasteiger charge is 2.35. The maximum atomic E-state index is 13.5. The van der Waals surface area contributed by atoms with Gasteiger partial charge in [-0.05, 0) is 48.1 Å². The second-order valence-corrected chi connectivity index (χ2v) is 9.42. The van der Waals surface area contributed by atoms with Crippen LogP contribution in [0.25, 0.3) is 0 Å². The number of esters is 1. The van der Waals surface area contributed by atoms with E-state index in [1.54, 1.807) is 41.4 Å². The number of hydrogen-bond donors (Lipinski definition) is 0. The van der Waals surface area contributed by atoms with Crippen molar-refractivity contribution in [3.8, 4) is 0 Å². The number of benzene rings is 1. The number of nitrogens with zero attached hydrogens (tertiary/aromatic N) is 2. The molecule has 176 valence electrons. The Morgan fingerprint density at radius 3 is 2.73 bits per heavy atom. The molecule has 0 spiro atoms. The Morgan fingerprint density at radius 1 is 1.24 bits per heavy atom. The highest BCUT2D eigenvalue weighted by Crippen LogP contribution is 2.41. The minimum Gasteiger partial charge on any atom is -0.466 e. The van der Waals surface area contributed by atoms with Crippen molar-refractivity contribution in [2.45, 2.75) is 32.2 Å². The van der Waals surface area contributed by atoms with Crippen LogP contribution < -0.4 is 0 Å². The monoisotopic (exact) mass is 508 g/mol. The van der Waals surface area contributed by atoms with Crippen molar-refractivity contribution in [3.05, 3.63) is 68.3 Å². The molecule has 0 radical (unpaired) electrons. The summed E-state index contributed by atoms with van der Waals surface area (Å²) in [4.78, 5) is 42.2. The molecule has 6 nitrogen and oxygen atoms in total. The Kier molecular flexibility index (Phi) is 8.95. The van der Waals surface area contributed by atoms with Crippen molar-refractivity contribution in [2.24, 2.45) is 0 Å². The zero-order valence-corrected chi connectivity index (χ0v) is 20.7. The Bertz CT molecular complexity index is 1040. The van der Waals surface area contributed by atoms with Crippen LogP contribution in [-0.2, 0) is 25.5 Å². The van der Waals surface area contributed by atoms with Gasteiger partial charge in [-0.3, -0.25) is 14.4 Å². The van der Waals surface area contributed by atoms with Crippen LogP contribution in [0, 0.1) is 0 Å². The first-order chi connectivity index (χ1) is 15.8. The van der Waals surface area contributed by atoms with E-state index in [0.717, 1.165) is 17.5 Å². The van der Waals surface area contributed by atoms with E-state index in [1.165, 1.54) is 9.78 Å². The summed E-state index contributed by atoms with van der Waals surface area (Å²) in [7, 11) is 0. The van der Waals surface area contributed by atoms with E-state index in [1.807, 2.05) is 17.5 Å². The van der Waals surface area contributed by atoms with Gasteiger partial charge in [0.05, 0.1) is 19.1 Å². The lowest BCUT2D eigenvalue weighted by atomic mass is 9.93. The second-order valence-electron chi connectivity index (χ2n) is 7.57. The van der Waals surface area contributed by atoms with Crippen molar-refractivity contribution < 1.29 is 19.1 Å². The smallest absolute Gasteiger partial charge is 0.306 e. The molecule has 1 aliphatic rings. The summed E-state index contributed by atoms with van der Waals surface area (Å²) < 4.78 is 4.89. The fourth-order valence-corrected chi connectivity index (χ4v) is 5.32. The lowest BCUT2D eigenvalue weighted by molar-refractivity contribution is -0.146. The Labute approximate surface area is 207 Å². The topological polar surface area (TPSA) is 66.9 Å². The standard InChI is InChI=1S/C24H26Cl2N2O4S/c1-3-11-27(21(29)7-8-23(31)32-4-2)15-22(30)28-12-9-20-18(10-13-33-20)24(28)17-6-5-16(25)14-19(17)26/h3,5-6,10,13-14,24H,1,4,7-9,11-12,15H2,2H3. The highest BCUT2D eigenvalue weighted by molar-refractivity contribution is 7.10. The van der Waals surface area contributed by atoms with Gasteiger partial charge in [-0.25, -0.2) is 0 Å². The van der Waals surface area contributed by atoms with Gasteiger partial charge in [-0.1, -0.05) is 35.3 Å². The van der Waals surface area contributed by atoms with Crippen molar-refractivity contribution in [2.75, 3.05) is 26.2 Å². The fraction of sp³-hybridized carbons (Fsp3) is 0.375. The van der Waals surface area contributed by atoms with Crippen LogP contribution in [0.1, 0.15) is 41.8 Å². The molecule has 0 saturated heterocycles. The van der Waals surface area contributed by atoms with Gasteiger partial charge in [0.25, 0.3) is 0 Å². The number of carbonyl (C=O) groups is 3. The number of halogens is 2. The maximum absolute atomic E-state index is 13.5. The molecule has 3 rings (SSSR count). The largest absolute Gasteiger partial charge is 0.466 e. The summed E-state index contributed by atoms with van der Waals surface area (Å²) in [6, 6.07) is 6.92. The number of carbonyl (C=O) groups excluding carboxylic acids is 3. The van der Waals surface area contributed by atoms with E-state index >= 15 is 0 Å². The van der Waals surface area contributed by atoms with E-state index in [0.29, 0.717) is 16.6 Å². The molecule has 2 heterocycles. The Hall–Kier alpha value is -2.35. The molecule has 0 bridgehead atoms. The van der Waals surface area contributed by atoms with Gasteiger partial charge in [-0.2, -0.15) is 0 Å². The summed E-state index contributed by atoms with van der Waals surface area (Å²) >= 11 is 14.3. The Balaban J connectivity index is 1.81. The first kappa shape index (κ1) is 25.3. The molecule has 9 heteroatoms. The van der Waals surface area contributed by atoms with Gasteiger partial charge in [0, 0.05) is 34.4 Å². The lowest BCUT2D eigenvalue weighted by Crippen LogP contribution is -2.47. The number of hydrogen-bond acceptors (Lipinski definition) is 5. The zero-order valence-electron chi connectivity index (χ0n) is 18.4. The third-order valence-corrected chi connectivity index (χ3v) is 6.98. The van der Waals surface area contributed by atoms with Crippen LogP contribution in [0.2, 0.25) is 10.0 Å². The second kappa shape index (κ2) is 11.7. The third kappa shape index (κ3) is 6.16. The number of thiophene rings is 1. The normalized spacial score (nSPS) is 15.0. The molecule has 1 aromatic carbocycles. The van der Waals surface area contributed by atoms with Crippen LogP contribution >= 0.6 is 34.5 Å². The van der Waals surface area contributed by atoms with Gasteiger partial charge < -0.3 is 14.5 Å². The molecule has 0 saturated carbocycles. The molecule has 1 aliphatic heterocycles. The molecule has 0 fully saturated rings. The summed E-state index contributed by atoms with van der Waals surface area (Å²) in [6.07, 6.45) is 2.25. The summed E-state index contributed by atoms with van der Waals surface area (Å²) in [5, 5.41) is 3.02. The average molecular weight is 509 g/mol. The van der Waals surface area contributed by atoms with E-state index in [-0.39, 0.29) is 50.4 Å². The summed E-state index contributed by atoms with van der Waals surface area (Å²) in [6.45, 7) is 6.26. The predicted molar refractivity (Wildman–Crippen MR) is 131 cm³/mol. The molecule has 1 aromatic heterocycles. The molecule has 1 unspecified atom stereocenters. The number of ether oxygens (including phenoxy) is 1. The van der Waals surface area contributed by atoms with E-state index in [4.69, 9.17) is 27.9 Å². The molecular formula is C24H26Cl2N2O4S. The van der Waals surface area contributed by atoms with Crippen molar-refractivity contribution in [1.82, 2.24) is 9.80 Å². The van der Waals surface area contributed by atoms with Crippen molar-refractivity contribution in [3.63, 3.8) is 0 Å². The minimum absolute atomic E-state index is 0.0267. The molecule has 33 heavy (non-hydrogen) atoms. The summed E-state index contributed by atoms with van der Waals surface area (Å²) in [5.41, 5.74) is 1.82. The molecule has 0 aliphatic carbocycles. The van der Waals surface area contributed by atoms with Gasteiger partial charge in [0.15, 0.2) is 0 Å². The van der Waals surface area contributed by atoms with E-state index < -0.39 is 5.97 Å². The average Bonchev–Trinajstić information content (AvgIpc) is 3.26. The van der Waals surface area contributed by atoms with Crippen molar-refractivity contribution in [1.29, 1.82) is 0 Å². The fourth-order valence-electron chi connectivity index (χ4n) is 3.91. The minimum atomic E-state index is -0.436. The van der Waals surface area contributed by atoms with Crippen LogP contribution in [0.3, 0.4) is 0 Å². The number of amides is 2. The van der Waals surface area contributed by atoms with Crippen LogP contribution in [-0.4, -0.2) is 53.8 Å². The Morgan fingerprint density at radius 2 is 2.03 bits per heavy atom. The molecule has 1 atom stereocenters. The van der Waals surface area contributed by atoms with Crippen molar-refractivity contribution >= 4 is 52.3 Å². The summed E-state index contributed by atoms with van der Waals surface area (Å²) in [5.74, 6) is -0.936. The highest BCUT2D eigenvalue weighted by atomic mass is 35.5. The molecule has 0 N–H and O–H groups in total. The number of fused-ring (bicyclic) bond motifs is 1. The first-order valence-electron chi connectivity index (χ1n) is 10.7. The molecule has 2 aromatic rings. The molecule has 2 amide bonds. The number of rotatable bonds is 9. The van der Waals surface area contributed by atoms with Crippen LogP contribution in [0.15, 0.2) is 42.3 Å². The van der Waals surface area contributed by atoms with Gasteiger partial charge in [0.1, 0.15) is 6.54 Å². The third-order valence-electron chi connectivity index (χ3n) is 5.42. The molecular weight excluding hydrogens is 483 g/mol. The van der Waals surface area contributed by atoms with E-state index in [9.17, 15) is 14.4 Å². The van der Waals surface area contributed by atoms with Crippen LogP contribution in [0.4, 0.5) is 0 Å². The quantitative estimate of drug-likeness (QED) is 0.357. The zero-order chi connectivity index (χ0) is 24.0. The maximum Gasteiger partial charge on any atom is 0.306 e. The van der Waals surface area contributed by atoms with Crippen LogP contribution in [0.5, 0.6) is 0 Å². The predicted octanol–water partition coefficient (Wildman–Crippen LogP) is 4.89. The van der Waals surface area contributed by atoms with Gasteiger partial charge >= 0.3 is 5.97 Å². The lowest BCUT2D eigenvalue weighted by Gasteiger charge is -2.38. The SMILES string of the molecule is C=CCN(CC(=O)N1CCc2sccc2C1c1ccc(Cl)cc1Cl)C(=O)CCC(=O)OCC. The van der Waals surface area contributed by atoms with Gasteiger partial charge in [-0.15, -0.1) is 17.9 Å². The van der Waals surface area contributed by atoms with E-state index in [2.05, 4.69) is 6.58 Å². The van der Waals surface area contributed by atoms with Gasteiger partial charge in [0.2, 0.25) is 11.8 Å².